The van der Waals surface area contributed by atoms with Gasteiger partial charge in [0, 0.05) is 22.7 Å². The lowest BCUT2D eigenvalue weighted by Gasteiger charge is -2.14. The van der Waals surface area contributed by atoms with E-state index in [0.717, 1.165) is 25.7 Å². The van der Waals surface area contributed by atoms with Crippen molar-refractivity contribution in [3.63, 3.8) is 0 Å². The number of nitrogens with zero attached hydrogens (tertiary/aromatic N) is 2. The van der Waals surface area contributed by atoms with Gasteiger partial charge in [-0.2, -0.15) is 5.10 Å². The van der Waals surface area contributed by atoms with Gasteiger partial charge in [0.25, 0.3) is 5.91 Å². The predicted octanol–water partition coefficient (Wildman–Crippen LogP) is 3.73. The highest BCUT2D eigenvalue weighted by Gasteiger charge is 2.24. The smallest absolute Gasteiger partial charge is 0.326 e. The molecule has 138 valence electrons. The van der Waals surface area contributed by atoms with E-state index in [1.165, 1.54) is 0 Å². The summed E-state index contributed by atoms with van der Waals surface area (Å²) in [6, 6.07) is 5.66. The van der Waals surface area contributed by atoms with Crippen molar-refractivity contribution in [2.75, 3.05) is 0 Å². The van der Waals surface area contributed by atoms with Crippen LogP contribution in [-0.2, 0) is 11.2 Å². The van der Waals surface area contributed by atoms with Gasteiger partial charge >= 0.3 is 5.97 Å². The molecule has 1 aromatic heterocycles. The largest absolute Gasteiger partial charge is 0.480 e. The molecule has 1 unspecified atom stereocenters. The number of carboxylic acids is 1. The molecule has 0 saturated heterocycles. The third kappa shape index (κ3) is 4.56. The molecule has 0 aliphatic heterocycles. The Balaban J connectivity index is 1.69. The molecule has 0 bridgehead atoms. The number of nitrogens with one attached hydrogen (secondary N) is 1. The van der Waals surface area contributed by atoms with E-state index in [1.54, 1.807) is 35.1 Å². The van der Waals surface area contributed by atoms with Crippen LogP contribution in [-0.4, -0.2) is 32.8 Å². The van der Waals surface area contributed by atoms with Gasteiger partial charge in [-0.15, -0.1) is 0 Å². The highest BCUT2D eigenvalue weighted by Crippen LogP contribution is 2.28. The summed E-state index contributed by atoms with van der Waals surface area (Å²) in [5.74, 6) is -1.65. The van der Waals surface area contributed by atoms with Crippen molar-refractivity contribution in [2.24, 2.45) is 0 Å². The molecule has 1 aromatic carbocycles. The van der Waals surface area contributed by atoms with Crippen LogP contribution >= 0.6 is 23.2 Å². The molecule has 1 aliphatic rings. The Labute approximate surface area is 161 Å². The van der Waals surface area contributed by atoms with Gasteiger partial charge in [0.05, 0.1) is 6.04 Å². The van der Waals surface area contributed by atoms with E-state index in [-0.39, 0.29) is 12.1 Å². The van der Waals surface area contributed by atoms with Crippen LogP contribution < -0.4 is 5.32 Å². The molecule has 0 spiro atoms. The summed E-state index contributed by atoms with van der Waals surface area (Å²) in [5.41, 5.74) is 0.846. The van der Waals surface area contributed by atoms with E-state index in [4.69, 9.17) is 23.2 Å². The Morgan fingerprint density at radius 1 is 1.23 bits per heavy atom. The predicted molar refractivity (Wildman–Crippen MR) is 98.8 cm³/mol. The number of halogens is 2. The number of carbonyl (C=O) groups excluding carboxylic acids is 1. The Morgan fingerprint density at radius 3 is 2.50 bits per heavy atom. The summed E-state index contributed by atoms with van der Waals surface area (Å²) >= 11 is 11.9. The lowest BCUT2D eigenvalue weighted by Crippen LogP contribution is -2.42. The van der Waals surface area contributed by atoms with E-state index in [1.807, 2.05) is 0 Å². The number of benzene rings is 1. The number of hydrogen-bond acceptors (Lipinski definition) is 3. The first-order valence-electron chi connectivity index (χ1n) is 8.46. The van der Waals surface area contributed by atoms with Gasteiger partial charge < -0.3 is 10.4 Å². The summed E-state index contributed by atoms with van der Waals surface area (Å²) in [7, 11) is 0. The van der Waals surface area contributed by atoms with Crippen LogP contribution in [0.5, 0.6) is 0 Å². The summed E-state index contributed by atoms with van der Waals surface area (Å²) in [5, 5.41) is 17.1. The molecule has 1 fully saturated rings. The fourth-order valence-corrected chi connectivity index (χ4v) is 3.80. The minimum absolute atomic E-state index is 0.0741. The topological polar surface area (TPSA) is 84.2 Å². The first-order chi connectivity index (χ1) is 12.4. The van der Waals surface area contributed by atoms with Crippen LogP contribution in [0.4, 0.5) is 0 Å². The zero-order chi connectivity index (χ0) is 18.7. The van der Waals surface area contributed by atoms with Gasteiger partial charge in [0.1, 0.15) is 11.7 Å². The number of carbonyl (C=O) groups is 2. The van der Waals surface area contributed by atoms with Gasteiger partial charge in [-0.25, -0.2) is 4.79 Å². The molecule has 1 atom stereocenters. The lowest BCUT2D eigenvalue weighted by molar-refractivity contribution is -0.139. The highest BCUT2D eigenvalue weighted by molar-refractivity contribution is 6.34. The maximum Gasteiger partial charge on any atom is 0.326 e. The van der Waals surface area contributed by atoms with Crippen LogP contribution in [0.2, 0.25) is 10.0 Å². The van der Waals surface area contributed by atoms with Crippen molar-refractivity contribution < 1.29 is 14.7 Å². The zero-order valence-corrected chi connectivity index (χ0v) is 15.5. The number of carboxylic acid groups (broad SMARTS) is 1. The molecule has 6 nitrogen and oxygen atoms in total. The lowest BCUT2D eigenvalue weighted by atomic mass is 10.1. The summed E-state index contributed by atoms with van der Waals surface area (Å²) in [4.78, 5) is 24.0. The van der Waals surface area contributed by atoms with Crippen molar-refractivity contribution >= 4 is 35.1 Å². The van der Waals surface area contributed by atoms with Crippen LogP contribution in [0, 0.1) is 0 Å². The van der Waals surface area contributed by atoms with Crippen LogP contribution in [0.1, 0.15) is 47.8 Å². The number of aliphatic carboxylic acids is 1. The summed E-state index contributed by atoms with van der Waals surface area (Å²) in [6.45, 7) is 0. The molecule has 3 rings (SSSR count). The maximum absolute atomic E-state index is 12.4. The third-order valence-corrected chi connectivity index (χ3v) is 4.94. The average molecular weight is 396 g/mol. The molecule has 0 radical (unpaired) electrons. The van der Waals surface area contributed by atoms with Crippen LogP contribution in [0.3, 0.4) is 0 Å². The second-order valence-corrected chi connectivity index (χ2v) is 7.34. The van der Waals surface area contributed by atoms with Crippen molar-refractivity contribution in [3.8, 4) is 0 Å². The Bertz CT molecular complexity index is 796. The Hall–Kier alpha value is -2.05. The molecule has 2 aromatic rings. The molecular formula is C18H19Cl2N3O3. The Morgan fingerprint density at radius 2 is 1.88 bits per heavy atom. The maximum atomic E-state index is 12.4. The van der Waals surface area contributed by atoms with Gasteiger partial charge in [-0.3, -0.25) is 9.48 Å². The van der Waals surface area contributed by atoms with Crippen molar-refractivity contribution in [3.05, 3.63) is 51.8 Å². The molecule has 8 heteroatoms. The summed E-state index contributed by atoms with van der Waals surface area (Å²) in [6.07, 6.45) is 6.28. The number of hydrogen-bond donors (Lipinski definition) is 2. The van der Waals surface area contributed by atoms with Crippen molar-refractivity contribution in [1.82, 2.24) is 15.1 Å². The normalized spacial score (nSPS) is 15.8. The first-order valence-corrected chi connectivity index (χ1v) is 9.22. The third-order valence-electron chi connectivity index (χ3n) is 4.51. The minimum Gasteiger partial charge on any atom is -0.480 e. The average Bonchev–Trinajstić information content (AvgIpc) is 3.24. The number of rotatable bonds is 6. The first kappa shape index (κ1) is 18.7. The Kier molecular flexibility index (Phi) is 5.84. The van der Waals surface area contributed by atoms with E-state index >= 15 is 0 Å². The quantitative estimate of drug-likeness (QED) is 0.779. The fourth-order valence-electron chi connectivity index (χ4n) is 3.23. The van der Waals surface area contributed by atoms with Crippen molar-refractivity contribution in [2.45, 2.75) is 44.2 Å². The second kappa shape index (κ2) is 8.10. The van der Waals surface area contributed by atoms with E-state index < -0.39 is 17.9 Å². The van der Waals surface area contributed by atoms with E-state index in [9.17, 15) is 14.7 Å². The molecular weight excluding hydrogens is 377 g/mol. The zero-order valence-electron chi connectivity index (χ0n) is 14.0. The van der Waals surface area contributed by atoms with Gasteiger partial charge in [0.15, 0.2) is 0 Å². The van der Waals surface area contributed by atoms with Gasteiger partial charge in [-0.05, 0) is 42.7 Å². The number of aromatic nitrogens is 2. The van der Waals surface area contributed by atoms with E-state index in [0.29, 0.717) is 21.7 Å². The van der Waals surface area contributed by atoms with Crippen LogP contribution in [0.15, 0.2) is 30.5 Å². The summed E-state index contributed by atoms with van der Waals surface area (Å²) < 4.78 is 1.80. The monoisotopic (exact) mass is 395 g/mol. The minimum atomic E-state index is -1.13. The highest BCUT2D eigenvalue weighted by atomic mass is 35.5. The van der Waals surface area contributed by atoms with Crippen molar-refractivity contribution in [1.29, 1.82) is 0 Å². The molecule has 1 amide bonds. The standard InChI is InChI=1S/C18H19Cl2N3O3/c19-12-7-11(8-13(20)10-12)9-16(18(25)26)21-17(24)15-5-6-23(22-15)14-3-1-2-4-14/h5-8,10,14,16H,1-4,9H2,(H,21,24)(H,25,26). The fraction of sp³-hybridized carbons (Fsp3) is 0.389. The van der Waals surface area contributed by atoms with Gasteiger partial charge in [0.2, 0.25) is 0 Å². The molecule has 1 saturated carbocycles. The molecule has 26 heavy (non-hydrogen) atoms. The molecule has 1 aliphatic carbocycles. The molecule has 1 heterocycles. The second-order valence-electron chi connectivity index (χ2n) is 6.47. The SMILES string of the molecule is O=C(NC(Cc1cc(Cl)cc(Cl)c1)C(=O)O)c1ccn(C2CCCC2)n1. The van der Waals surface area contributed by atoms with E-state index in [2.05, 4.69) is 10.4 Å². The van der Waals surface area contributed by atoms with Crippen LogP contribution in [0.25, 0.3) is 0 Å². The van der Waals surface area contributed by atoms with Gasteiger partial charge in [-0.1, -0.05) is 36.0 Å². The molecule has 2 N–H and O–H groups in total. The number of amides is 1.